The van der Waals surface area contributed by atoms with Gasteiger partial charge in [-0.3, -0.25) is 0 Å². The van der Waals surface area contributed by atoms with Crippen molar-refractivity contribution in [3.05, 3.63) is 51.7 Å². The van der Waals surface area contributed by atoms with Crippen molar-refractivity contribution in [3.8, 4) is 5.75 Å². The molecule has 1 aromatic carbocycles. The number of phenols is 1. The number of phenolic OH excluding ortho intramolecular Hbond substituents is 1. The average molecular weight is 275 g/mol. The van der Waals surface area contributed by atoms with Crippen LogP contribution in [-0.4, -0.2) is 16.8 Å². The van der Waals surface area contributed by atoms with Crippen molar-refractivity contribution < 1.29 is 10.2 Å². The number of fused-ring (bicyclic) bond motifs is 1. The summed E-state index contributed by atoms with van der Waals surface area (Å²) >= 11 is 1.60. The molecule has 0 amide bonds. The van der Waals surface area contributed by atoms with Gasteiger partial charge in [0, 0.05) is 12.6 Å². The van der Waals surface area contributed by atoms with Gasteiger partial charge in [-0.1, -0.05) is 6.07 Å². The number of aliphatic hydroxyl groups excluding tert-OH is 1. The van der Waals surface area contributed by atoms with E-state index in [1.165, 1.54) is 11.1 Å². The van der Waals surface area contributed by atoms with E-state index in [9.17, 15) is 10.2 Å². The molecule has 0 aliphatic heterocycles. The van der Waals surface area contributed by atoms with Gasteiger partial charge in [0.05, 0.1) is 6.10 Å². The molecule has 0 spiro atoms. The van der Waals surface area contributed by atoms with Crippen LogP contribution in [0, 0.1) is 0 Å². The zero-order valence-electron chi connectivity index (χ0n) is 10.5. The van der Waals surface area contributed by atoms with Crippen molar-refractivity contribution in [2.75, 3.05) is 6.54 Å². The summed E-state index contributed by atoms with van der Waals surface area (Å²) in [6.45, 7) is 0.557. The molecule has 3 nitrogen and oxygen atoms in total. The third kappa shape index (κ3) is 2.66. The Hall–Kier alpha value is -1.36. The number of thiophene rings is 1. The Morgan fingerprint density at radius 2 is 2.26 bits per heavy atom. The Kier molecular flexibility index (Phi) is 3.55. The largest absolute Gasteiger partial charge is 0.508 e. The van der Waals surface area contributed by atoms with Gasteiger partial charge in [0.15, 0.2) is 0 Å². The molecule has 0 radical (unpaired) electrons. The molecule has 2 aromatic rings. The first kappa shape index (κ1) is 12.7. The minimum Gasteiger partial charge on any atom is -0.508 e. The second-order valence-corrected chi connectivity index (χ2v) is 5.74. The molecule has 2 unspecified atom stereocenters. The predicted octanol–water partition coefficient (Wildman–Crippen LogP) is 2.76. The minimum absolute atomic E-state index is 0.281. The van der Waals surface area contributed by atoms with Crippen molar-refractivity contribution in [1.29, 1.82) is 0 Å². The van der Waals surface area contributed by atoms with Gasteiger partial charge in [-0.15, -0.1) is 0 Å². The first-order valence-corrected chi connectivity index (χ1v) is 7.43. The molecular weight excluding hydrogens is 258 g/mol. The van der Waals surface area contributed by atoms with Crippen LogP contribution in [0.5, 0.6) is 5.75 Å². The summed E-state index contributed by atoms with van der Waals surface area (Å²) in [5.41, 5.74) is 3.43. The Morgan fingerprint density at radius 1 is 1.37 bits per heavy atom. The molecule has 19 heavy (non-hydrogen) atoms. The molecule has 100 valence electrons. The lowest BCUT2D eigenvalue weighted by atomic mass is 10.1. The standard InChI is InChI=1S/C15H17NO2S/c17-12-2-3-13-10(7-12)1-4-14(13)16-8-15(18)11-5-6-19-9-11/h2-3,5-7,9,14-18H,1,4,8H2. The van der Waals surface area contributed by atoms with Crippen molar-refractivity contribution >= 4 is 11.3 Å². The monoisotopic (exact) mass is 275 g/mol. The number of hydrogen-bond acceptors (Lipinski definition) is 4. The number of nitrogens with one attached hydrogen (secondary N) is 1. The fraction of sp³-hybridized carbons (Fsp3) is 0.333. The molecule has 0 saturated heterocycles. The van der Waals surface area contributed by atoms with Crippen LogP contribution in [0.2, 0.25) is 0 Å². The maximum atomic E-state index is 10.1. The molecule has 3 N–H and O–H groups in total. The Morgan fingerprint density at radius 3 is 3.05 bits per heavy atom. The summed E-state index contributed by atoms with van der Waals surface area (Å²) in [5.74, 6) is 0.331. The van der Waals surface area contributed by atoms with Crippen LogP contribution < -0.4 is 5.32 Å². The zero-order chi connectivity index (χ0) is 13.2. The number of hydrogen-bond donors (Lipinski definition) is 3. The average Bonchev–Trinajstić information content (AvgIpc) is 3.05. The van der Waals surface area contributed by atoms with Crippen molar-refractivity contribution in [1.82, 2.24) is 5.32 Å². The number of aryl methyl sites for hydroxylation is 1. The number of rotatable bonds is 4. The van der Waals surface area contributed by atoms with Crippen molar-refractivity contribution in [2.24, 2.45) is 0 Å². The molecule has 1 aliphatic rings. The maximum absolute atomic E-state index is 10.1. The lowest BCUT2D eigenvalue weighted by Gasteiger charge is -2.17. The SMILES string of the molecule is Oc1ccc2c(c1)CCC2NCC(O)c1ccsc1. The summed E-state index contributed by atoms with van der Waals surface area (Å²) in [7, 11) is 0. The fourth-order valence-corrected chi connectivity index (χ4v) is 3.36. The summed E-state index contributed by atoms with van der Waals surface area (Å²) < 4.78 is 0. The highest BCUT2D eigenvalue weighted by Crippen LogP contribution is 2.33. The van der Waals surface area contributed by atoms with Crippen LogP contribution in [0.1, 0.15) is 35.3 Å². The summed E-state index contributed by atoms with van der Waals surface area (Å²) in [6.07, 6.45) is 1.55. The van der Waals surface area contributed by atoms with Crippen molar-refractivity contribution in [3.63, 3.8) is 0 Å². The van der Waals surface area contributed by atoms with Gasteiger partial charge in [0.1, 0.15) is 5.75 Å². The molecule has 4 heteroatoms. The number of aliphatic hydroxyl groups is 1. The molecule has 1 heterocycles. The zero-order valence-corrected chi connectivity index (χ0v) is 11.4. The van der Waals surface area contributed by atoms with E-state index in [2.05, 4.69) is 5.32 Å². The summed E-state index contributed by atoms with van der Waals surface area (Å²) in [6, 6.07) is 7.79. The van der Waals surface area contributed by atoms with Gasteiger partial charge in [0.2, 0.25) is 0 Å². The van der Waals surface area contributed by atoms with Crippen LogP contribution >= 0.6 is 11.3 Å². The fourth-order valence-electron chi connectivity index (χ4n) is 2.65. The molecule has 0 bridgehead atoms. The van der Waals surface area contributed by atoms with Gasteiger partial charge < -0.3 is 15.5 Å². The third-order valence-corrected chi connectivity index (χ3v) is 4.39. The Bertz CT molecular complexity index is 553. The van der Waals surface area contributed by atoms with E-state index in [1.54, 1.807) is 17.4 Å². The van der Waals surface area contributed by atoms with Gasteiger partial charge in [-0.25, -0.2) is 0 Å². The van der Waals surface area contributed by atoms with E-state index < -0.39 is 6.10 Å². The number of benzene rings is 1. The molecule has 0 fully saturated rings. The van der Waals surface area contributed by atoms with Crippen LogP contribution in [-0.2, 0) is 6.42 Å². The van der Waals surface area contributed by atoms with E-state index >= 15 is 0 Å². The molecule has 2 atom stereocenters. The third-order valence-electron chi connectivity index (χ3n) is 3.69. The molecule has 3 rings (SSSR count). The first-order chi connectivity index (χ1) is 9.24. The summed E-state index contributed by atoms with van der Waals surface area (Å²) in [5, 5.41) is 26.9. The first-order valence-electron chi connectivity index (χ1n) is 6.49. The van der Waals surface area contributed by atoms with E-state index in [-0.39, 0.29) is 6.04 Å². The number of aromatic hydroxyl groups is 1. The smallest absolute Gasteiger partial charge is 0.115 e. The molecule has 1 aliphatic carbocycles. The van der Waals surface area contributed by atoms with Crippen LogP contribution in [0.15, 0.2) is 35.0 Å². The lowest BCUT2D eigenvalue weighted by molar-refractivity contribution is 0.170. The molecular formula is C15H17NO2S. The van der Waals surface area contributed by atoms with E-state index in [4.69, 9.17) is 0 Å². The Labute approximate surface area is 116 Å². The molecule has 1 aromatic heterocycles. The van der Waals surface area contributed by atoms with E-state index in [0.717, 1.165) is 18.4 Å². The second kappa shape index (κ2) is 5.33. The lowest BCUT2D eigenvalue weighted by Crippen LogP contribution is -2.24. The highest BCUT2D eigenvalue weighted by Gasteiger charge is 2.23. The van der Waals surface area contributed by atoms with Gasteiger partial charge >= 0.3 is 0 Å². The van der Waals surface area contributed by atoms with Crippen LogP contribution in [0.3, 0.4) is 0 Å². The normalized spacial score (nSPS) is 19.3. The molecule has 0 saturated carbocycles. The highest BCUT2D eigenvalue weighted by atomic mass is 32.1. The Balaban J connectivity index is 1.64. The van der Waals surface area contributed by atoms with Crippen LogP contribution in [0.4, 0.5) is 0 Å². The van der Waals surface area contributed by atoms with E-state index in [0.29, 0.717) is 12.3 Å². The topological polar surface area (TPSA) is 52.5 Å². The second-order valence-electron chi connectivity index (χ2n) is 4.96. The predicted molar refractivity (Wildman–Crippen MR) is 76.5 cm³/mol. The summed E-state index contributed by atoms with van der Waals surface area (Å²) in [4.78, 5) is 0. The van der Waals surface area contributed by atoms with Crippen LogP contribution in [0.25, 0.3) is 0 Å². The maximum Gasteiger partial charge on any atom is 0.115 e. The van der Waals surface area contributed by atoms with Gasteiger partial charge in [-0.05, 0) is 58.5 Å². The minimum atomic E-state index is -0.451. The van der Waals surface area contributed by atoms with Gasteiger partial charge in [0.25, 0.3) is 0 Å². The van der Waals surface area contributed by atoms with E-state index in [1.807, 2.05) is 29.0 Å². The van der Waals surface area contributed by atoms with Gasteiger partial charge in [-0.2, -0.15) is 11.3 Å². The van der Waals surface area contributed by atoms with Crippen molar-refractivity contribution in [2.45, 2.75) is 25.0 Å². The quantitative estimate of drug-likeness (QED) is 0.804. The highest BCUT2D eigenvalue weighted by molar-refractivity contribution is 7.07.